The topological polar surface area (TPSA) is 3.24 Å². The summed E-state index contributed by atoms with van der Waals surface area (Å²) in [6.07, 6.45) is 0. The molecule has 1 aromatic rings. The third kappa shape index (κ3) is 1.33. The van der Waals surface area contributed by atoms with Crippen LogP contribution in [0.3, 0.4) is 0 Å². The zero-order chi connectivity index (χ0) is 7.84. The molecule has 0 atom stereocenters. The molecule has 0 N–H and O–H groups in total. The van der Waals surface area contributed by atoms with Crippen molar-refractivity contribution in [3.63, 3.8) is 0 Å². The molecule has 0 bridgehead atoms. The number of hydrogen-bond acceptors (Lipinski definition) is 3. The van der Waals surface area contributed by atoms with E-state index in [-0.39, 0.29) is 0 Å². The average molecular weight is 204 g/mol. The zero-order valence-corrected chi connectivity index (χ0v) is 8.09. The Bertz CT molecular complexity index is 290. The third-order valence-corrected chi connectivity index (χ3v) is 3.35. The Morgan fingerprint density at radius 2 is 2.36 bits per heavy atom. The molecule has 2 rings (SSSR count). The fraction of sp³-hybridized carbons (Fsp3) is 0.143. The van der Waals surface area contributed by atoms with Gasteiger partial charge in [0.25, 0.3) is 0 Å². The lowest BCUT2D eigenvalue weighted by atomic mass is 10.3. The van der Waals surface area contributed by atoms with Crippen molar-refractivity contribution in [1.29, 1.82) is 0 Å². The number of thiol groups is 1. The molecule has 0 saturated heterocycles. The van der Waals surface area contributed by atoms with Crippen molar-refractivity contribution >= 4 is 41.9 Å². The highest BCUT2D eigenvalue weighted by Crippen LogP contribution is 2.40. The molecule has 0 saturated carbocycles. The van der Waals surface area contributed by atoms with Crippen LogP contribution in [-0.2, 0) is 0 Å². The second-order valence-electron chi connectivity index (χ2n) is 2.29. The van der Waals surface area contributed by atoms with E-state index in [0.29, 0.717) is 0 Å². The van der Waals surface area contributed by atoms with Crippen molar-refractivity contribution in [2.75, 3.05) is 10.2 Å². The fourth-order valence-electron chi connectivity index (χ4n) is 1.02. The molecule has 0 aliphatic carbocycles. The predicted molar refractivity (Wildman–Crippen MR) is 53.6 cm³/mol. The maximum absolute atomic E-state index is 5.81. The van der Waals surface area contributed by atoms with Gasteiger partial charge in [-0.25, -0.2) is 0 Å². The van der Waals surface area contributed by atoms with E-state index in [1.165, 1.54) is 4.90 Å². The Balaban J connectivity index is 2.50. The molecule has 1 heterocycles. The summed E-state index contributed by atoms with van der Waals surface area (Å²) in [6.45, 7) is 0. The first kappa shape index (κ1) is 7.65. The van der Waals surface area contributed by atoms with Crippen LogP contribution < -0.4 is 4.31 Å². The predicted octanol–water partition coefficient (Wildman–Crippen LogP) is 3.05. The normalized spacial score (nSPS) is 15.3. The molecular weight excluding hydrogens is 198 g/mol. The van der Waals surface area contributed by atoms with E-state index in [1.807, 2.05) is 22.5 Å². The molecule has 4 heteroatoms. The summed E-state index contributed by atoms with van der Waals surface area (Å²) in [5, 5.41) is 0.792. The summed E-state index contributed by atoms with van der Waals surface area (Å²) < 4.78 is 1.91. The Morgan fingerprint density at radius 1 is 1.55 bits per heavy atom. The molecule has 0 radical (unpaired) electrons. The molecule has 0 fully saturated rings. The molecule has 1 nitrogen and oxygen atoms in total. The summed E-state index contributed by atoms with van der Waals surface area (Å²) in [5.41, 5.74) is 1.16. The van der Waals surface area contributed by atoms with Crippen LogP contribution in [0.25, 0.3) is 0 Å². The summed E-state index contributed by atoms with van der Waals surface area (Å²) in [5.74, 6) is 0.902. The van der Waals surface area contributed by atoms with Gasteiger partial charge in [0.15, 0.2) is 0 Å². The highest BCUT2D eigenvalue weighted by molar-refractivity contribution is 8.01. The lowest BCUT2D eigenvalue weighted by Gasteiger charge is -2.07. The Kier molecular flexibility index (Phi) is 1.95. The van der Waals surface area contributed by atoms with Crippen molar-refractivity contribution < 1.29 is 0 Å². The van der Waals surface area contributed by atoms with Gasteiger partial charge in [-0.15, -0.1) is 11.8 Å². The standard InChI is InChI=1S/C7H6ClNS2/c8-5-1-2-6-7(3-5)11-4-9(6)10/h1-3,10H,4H2. The van der Waals surface area contributed by atoms with Gasteiger partial charge in [0.05, 0.1) is 11.6 Å². The second-order valence-corrected chi connectivity index (χ2v) is 4.19. The smallest absolute Gasteiger partial charge is 0.0795 e. The Morgan fingerprint density at radius 3 is 3.18 bits per heavy atom. The van der Waals surface area contributed by atoms with Gasteiger partial charge in [-0.05, 0) is 18.2 Å². The first-order chi connectivity index (χ1) is 5.27. The van der Waals surface area contributed by atoms with Crippen LogP contribution in [0.2, 0.25) is 5.02 Å². The Hall–Kier alpha value is 0.01000. The van der Waals surface area contributed by atoms with Crippen LogP contribution in [0.4, 0.5) is 5.69 Å². The molecule has 1 aliphatic rings. The molecule has 58 valence electrons. The van der Waals surface area contributed by atoms with Crippen molar-refractivity contribution in [2.45, 2.75) is 4.90 Å². The van der Waals surface area contributed by atoms with Crippen LogP contribution >= 0.6 is 36.2 Å². The summed E-state index contributed by atoms with van der Waals surface area (Å²) in [6, 6.07) is 5.85. The lowest BCUT2D eigenvalue weighted by molar-refractivity contribution is 1.32. The van der Waals surface area contributed by atoms with Gasteiger partial charge < -0.3 is 4.31 Å². The van der Waals surface area contributed by atoms with Crippen molar-refractivity contribution in [3.8, 4) is 0 Å². The van der Waals surface area contributed by atoms with Gasteiger partial charge in [0.2, 0.25) is 0 Å². The second kappa shape index (κ2) is 2.81. The number of thioether (sulfide) groups is 1. The largest absolute Gasteiger partial charge is 0.307 e. The van der Waals surface area contributed by atoms with E-state index < -0.39 is 0 Å². The van der Waals surface area contributed by atoms with E-state index in [0.717, 1.165) is 16.6 Å². The van der Waals surface area contributed by atoms with E-state index >= 15 is 0 Å². The van der Waals surface area contributed by atoms with Crippen molar-refractivity contribution in [3.05, 3.63) is 23.2 Å². The SMILES string of the molecule is SN1CSc2cc(Cl)ccc21. The lowest BCUT2D eigenvalue weighted by Crippen LogP contribution is -2.01. The van der Waals surface area contributed by atoms with Crippen LogP contribution in [0.15, 0.2) is 23.1 Å². The van der Waals surface area contributed by atoms with E-state index in [4.69, 9.17) is 11.6 Å². The maximum atomic E-state index is 5.81. The minimum atomic E-state index is 0.792. The molecule has 11 heavy (non-hydrogen) atoms. The van der Waals surface area contributed by atoms with Gasteiger partial charge >= 0.3 is 0 Å². The molecular formula is C7H6ClNS2. The summed E-state index contributed by atoms with van der Waals surface area (Å²) in [7, 11) is 0. The number of fused-ring (bicyclic) bond motifs is 1. The van der Waals surface area contributed by atoms with Crippen molar-refractivity contribution in [1.82, 2.24) is 0 Å². The summed E-state index contributed by atoms with van der Waals surface area (Å²) in [4.78, 5) is 1.22. The van der Waals surface area contributed by atoms with Crippen molar-refractivity contribution in [2.24, 2.45) is 0 Å². The highest BCUT2D eigenvalue weighted by Gasteiger charge is 2.16. The molecule has 0 unspecified atom stereocenters. The molecule has 0 amide bonds. The number of halogens is 1. The number of anilines is 1. The van der Waals surface area contributed by atoms with Crippen LogP contribution in [-0.4, -0.2) is 5.88 Å². The first-order valence-corrected chi connectivity index (χ1v) is 4.92. The number of hydrogen-bond donors (Lipinski definition) is 1. The van der Waals surface area contributed by atoms with E-state index in [1.54, 1.807) is 11.8 Å². The van der Waals surface area contributed by atoms with Crippen LogP contribution in [0, 0.1) is 0 Å². The molecule has 0 spiro atoms. The van der Waals surface area contributed by atoms with Gasteiger partial charge in [-0.1, -0.05) is 24.4 Å². The Labute approximate surface area is 80.3 Å². The van der Waals surface area contributed by atoms with E-state index in [2.05, 4.69) is 12.8 Å². The minimum absolute atomic E-state index is 0.792. The van der Waals surface area contributed by atoms with Crippen LogP contribution in [0.5, 0.6) is 0 Å². The minimum Gasteiger partial charge on any atom is -0.307 e. The van der Waals surface area contributed by atoms with Crippen LogP contribution in [0.1, 0.15) is 0 Å². The third-order valence-electron chi connectivity index (χ3n) is 1.54. The number of rotatable bonds is 0. The fourth-order valence-corrected chi connectivity index (χ4v) is 2.61. The first-order valence-electron chi connectivity index (χ1n) is 3.16. The maximum Gasteiger partial charge on any atom is 0.0795 e. The van der Waals surface area contributed by atoms with Gasteiger partial charge in [0, 0.05) is 9.92 Å². The summed E-state index contributed by atoms with van der Waals surface area (Å²) >= 11 is 11.8. The monoisotopic (exact) mass is 203 g/mol. The van der Waals surface area contributed by atoms with E-state index in [9.17, 15) is 0 Å². The molecule has 1 aliphatic heterocycles. The average Bonchev–Trinajstić information content (AvgIpc) is 2.32. The number of benzene rings is 1. The quantitative estimate of drug-likeness (QED) is 0.646. The number of nitrogens with zero attached hydrogens (tertiary/aromatic N) is 1. The molecule has 0 aromatic heterocycles. The zero-order valence-electron chi connectivity index (χ0n) is 5.62. The van der Waals surface area contributed by atoms with Gasteiger partial charge in [0.1, 0.15) is 0 Å². The van der Waals surface area contributed by atoms with Gasteiger partial charge in [-0.2, -0.15) is 0 Å². The highest BCUT2D eigenvalue weighted by atomic mass is 35.5. The van der Waals surface area contributed by atoms with Gasteiger partial charge in [-0.3, -0.25) is 0 Å². The molecule has 1 aromatic carbocycles.